The van der Waals surface area contributed by atoms with Gasteiger partial charge in [-0.25, -0.2) is 0 Å². The monoisotopic (exact) mass is 789 g/mol. The van der Waals surface area contributed by atoms with E-state index >= 15 is 0 Å². The fourth-order valence-corrected chi connectivity index (χ4v) is 7.01. The van der Waals surface area contributed by atoms with E-state index in [1.165, 1.54) is 148 Å². The van der Waals surface area contributed by atoms with Crippen LogP contribution in [0.4, 0.5) is 0 Å². The second-order valence-corrected chi connectivity index (χ2v) is 16.4. The molecule has 0 heterocycles. The average molecular weight is 789 g/mol. The highest BCUT2D eigenvalue weighted by Gasteiger charge is 2.19. The lowest BCUT2D eigenvalue weighted by molar-refractivity contribution is -0.167. The number of hydrogen-bond acceptors (Lipinski definition) is 6. The number of rotatable bonds is 44. The summed E-state index contributed by atoms with van der Waals surface area (Å²) >= 11 is 0. The van der Waals surface area contributed by atoms with E-state index < -0.39 is 6.10 Å². The van der Waals surface area contributed by atoms with Crippen molar-refractivity contribution in [3.05, 3.63) is 24.3 Å². The molecule has 0 rings (SSSR count). The smallest absolute Gasteiger partial charge is 0.306 e. The van der Waals surface area contributed by atoms with E-state index in [2.05, 4.69) is 45.1 Å². The second-order valence-electron chi connectivity index (χ2n) is 16.4. The Bertz CT molecular complexity index is 911. The Balaban J connectivity index is 4.26. The van der Waals surface area contributed by atoms with Gasteiger partial charge in [0.1, 0.15) is 13.2 Å². The van der Waals surface area contributed by atoms with Crippen molar-refractivity contribution in [3.63, 3.8) is 0 Å². The standard InChI is InChI=1S/C50H92O6/c1-4-7-10-13-16-19-21-22-23-24-25-26-27-29-31-34-37-40-43-49(52)55-46-47(45-54-48(51)42-39-36-33-30-18-15-12-9-6-3)56-50(53)44-41-38-35-32-28-20-17-14-11-8-5-2/h14,17,20,28,47H,4-13,15-16,18-19,21-27,29-46H2,1-3H3/b17-14-,28-20-. The zero-order valence-corrected chi connectivity index (χ0v) is 37.4. The first-order valence-electron chi connectivity index (χ1n) is 24.4. The molecule has 0 aromatic rings. The largest absolute Gasteiger partial charge is 0.462 e. The third kappa shape index (κ3) is 43.0. The van der Waals surface area contributed by atoms with Gasteiger partial charge in [-0.3, -0.25) is 14.4 Å². The van der Waals surface area contributed by atoms with Gasteiger partial charge in [-0.2, -0.15) is 0 Å². The summed E-state index contributed by atoms with van der Waals surface area (Å²) in [5.41, 5.74) is 0. The van der Waals surface area contributed by atoms with Gasteiger partial charge in [-0.1, -0.05) is 225 Å². The number of hydrogen-bond donors (Lipinski definition) is 0. The highest BCUT2D eigenvalue weighted by molar-refractivity contribution is 5.71. The fraction of sp³-hybridized carbons (Fsp3) is 0.860. The quantitative estimate of drug-likeness (QED) is 0.0265. The summed E-state index contributed by atoms with van der Waals surface area (Å²) in [5.74, 6) is -0.900. The normalized spacial score (nSPS) is 12.1. The SMILES string of the molecule is CCCC/C=C\C=C/CCCCCC(=O)OC(COC(=O)CCCCCCCCCCC)COC(=O)CCCCCCCCCCCCCCCCCCCC. The van der Waals surface area contributed by atoms with Crippen LogP contribution in [0.1, 0.15) is 258 Å². The molecule has 0 amide bonds. The van der Waals surface area contributed by atoms with Crippen molar-refractivity contribution in [1.29, 1.82) is 0 Å². The minimum atomic E-state index is -0.777. The van der Waals surface area contributed by atoms with Crippen LogP contribution >= 0.6 is 0 Å². The topological polar surface area (TPSA) is 78.9 Å². The lowest BCUT2D eigenvalue weighted by atomic mass is 10.0. The number of esters is 3. The molecule has 0 aromatic carbocycles. The van der Waals surface area contributed by atoms with Crippen LogP contribution in [0, 0.1) is 0 Å². The summed E-state index contributed by atoms with van der Waals surface area (Å²) in [5, 5.41) is 0. The van der Waals surface area contributed by atoms with Gasteiger partial charge < -0.3 is 14.2 Å². The molecule has 0 fully saturated rings. The lowest BCUT2D eigenvalue weighted by Gasteiger charge is -2.18. The van der Waals surface area contributed by atoms with Crippen LogP contribution in [0.5, 0.6) is 0 Å². The first-order chi connectivity index (χ1) is 27.5. The summed E-state index contributed by atoms with van der Waals surface area (Å²) in [6, 6.07) is 0. The van der Waals surface area contributed by atoms with Crippen LogP contribution in [0.3, 0.4) is 0 Å². The molecule has 6 heteroatoms. The van der Waals surface area contributed by atoms with Gasteiger partial charge >= 0.3 is 17.9 Å². The summed E-state index contributed by atoms with van der Waals surface area (Å²) in [6.45, 7) is 6.56. The first-order valence-corrected chi connectivity index (χ1v) is 24.4. The number of ether oxygens (including phenoxy) is 3. The molecule has 1 unspecified atom stereocenters. The van der Waals surface area contributed by atoms with Crippen LogP contribution in [-0.2, 0) is 28.6 Å². The van der Waals surface area contributed by atoms with Crippen LogP contribution in [0.25, 0.3) is 0 Å². The van der Waals surface area contributed by atoms with Crippen molar-refractivity contribution in [2.75, 3.05) is 13.2 Å². The third-order valence-electron chi connectivity index (χ3n) is 10.7. The molecule has 1 atom stereocenters. The van der Waals surface area contributed by atoms with Crippen molar-refractivity contribution in [2.24, 2.45) is 0 Å². The molecule has 0 aromatic heterocycles. The molecule has 0 radical (unpaired) electrons. The number of carbonyl (C=O) groups is 3. The number of carbonyl (C=O) groups excluding carboxylic acids is 3. The predicted octanol–water partition coefficient (Wildman–Crippen LogP) is 15.6. The van der Waals surface area contributed by atoms with E-state index in [0.717, 1.165) is 70.6 Å². The molecule has 0 bridgehead atoms. The van der Waals surface area contributed by atoms with Gasteiger partial charge in [-0.15, -0.1) is 0 Å². The van der Waals surface area contributed by atoms with E-state index in [0.29, 0.717) is 19.3 Å². The highest BCUT2D eigenvalue weighted by Crippen LogP contribution is 2.16. The zero-order chi connectivity index (χ0) is 40.8. The van der Waals surface area contributed by atoms with Crippen molar-refractivity contribution in [2.45, 2.75) is 264 Å². The number of unbranched alkanes of at least 4 members (excludes halogenated alkanes) is 30. The van der Waals surface area contributed by atoms with Crippen molar-refractivity contribution >= 4 is 17.9 Å². The molecule has 0 N–H and O–H groups in total. The maximum Gasteiger partial charge on any atom is 0.306 e. The van der Waals surface area contributed by atoms with Gasteiger partial charge in [0.25, 0.3) is 0 Å². The van der Waals surface area contributed by atoms with E-state index in [9.17, 15) is 14.4 Å². The van der Waals surface area contributed by atoms with Crippen LogP contribution < -0.4 is 0 Å². The van der Waals surface area contributed by atoms with E-state index in [1.54, 1.807) is 0 Å². The van der Waals surface area contributed by atoms with Crippen LogP contribution in [0.15, 0.2) is 24.3 Å². The Morgan fingerprint density at radius 3 is 1.00 bits per heavy atom. The fourth-order valence-electron chi connectivity index (χ4n) is 7.01. The maximum absolute atomic E-state index is 12.7. The van der Waals surface area contributed by atoms with Crippen LogP contribution in [0.2, 0.25) is 0 Å². The van der Waals surface area contributed by atoms with E-state index in [4.69, 9.17) is 14.2 Å². The Hall–Kier alpha value is -2.11. The Morgan fingerprint density at radius 2 is 0.643 bits per heavy atom. The Kier molecular flexibility index (Phi) is 43.9. The summed E-state index contributed by atoms with van der Waals surface area (Å²) < 4.78 is 16.7. The Labute approximate surface area is 347 Å². The minimum absolute atomic E-state index is 0.0779. The average Bonchev–Trinajstić information content (AvgIpc) is 3.19. The minimum Gasteiger partial charge on any atom is -0.462 e. The zero-order valence-electron chi connectivity index (χ0n) is 37.4. The van der Waals surface area contributed by atoms with Gasteiger partial charge in [0.05, 0.1) is 0 Å². The first kappa shape index (κ1) is 53.9. The van der Waals surface area contributed by atoms with Crippen molar-refractivity contribution in [3.8, 4) is 0 Å². The molecule has 0 saturated carbocycles. The van der Waals surface area contributed by atoms with E-state index in [1.807, 2.05) is 0 Å². The van der Waals surface area contributed by atoms with Gasteiger partial charge in [0, 0.05) is 19.3 Å². The molecule has 0 aliphatic rings. The predicted molar refractivity (Wildman–Crippen MR) is 238 cm³/mol. The highest BCUT2D eigenvalue weighted by atomic mass is 16.6. The molecule has 0 saturated heterocycles. The van der Waals surface area contributed by atoms with Crippen molar-refractivity contribution in [1.82, 2.24) is 0 Å². The summed E-state index contributed by atoms with van der Waals surface area (Å²) in [7, 11) is 0. The van der Waals surface area contributed by atoms with Gasteiger partial charge in [0.15, 0.2) is 6.10 Å². The van der Waals surface area contributed by atoms with Crippen LogP contribution in [-0.4, -0.2) is 37.2 Å². The van der Waals surface area contributed by atoms with Gasteiger partial charge in [-0.05, 0) is 38.5 Å². The molecular weight excluding hydrogens is 697 g/mol. The van der Waals surface area contributed by atoms with Gasteiger partial charge in [0.2, 0.25) is 0 Å². The third-order valence-corrected chi connectivity index (χ3v) is 10.7. The van der Waals surface area contributed by atoms with E-state index in [-0.39, 0.29) is 31.1 Å². The van der Waals surface area contributed by atoms with Crippen molar-refractivity contribution < 1.29 is 28.6 Å². The molecule has 6 nitrogen and oxygen atoms in total. The summed E-state index contributed by atoms with van der Waals surface area (Å²) in [6.07, 6.45) is 50.3. The molecule has 0 aliphatic heterocycles. The molecule has 0 spiro atoms. The summed E-state index contributed by atoms with van der Waals surface area (Å²) in [4.78, 5) is 37.7. The molecule has 328 valence electrons. The maximum atomic E-state index is 12.7. The molecule has 56 heavy (non-hydrogen) atoms. The molecule has 0 aliphatic carbocycles. The number of allylic oxidation sites excluding steroid dienone is 4. The molecular formula is C50H92O6. The second kappa shape index (κ2) is 45.6. The Morgan fingerprint density at radius 1 is 0.357 bits per heavy atom. The lowest BCUT2D eigenvalue weighted by Crippen LogP contribution is -2.30.